The highest BCUT2D eigenvalue weighted by Crippen LogP contribution is 2.31. The zero-order valence-corrected chi connectivity index (χ0v) is 11.9. The first-order chi connectivity index (χ1) is 11.0. The van der Waals surface area contributed by atoms with Crippen molar-refractivity contribution in [2.24, 2.45) is 16.5 Å². The van der Waals surface area contributed by atoms with E-state index in [1.807, 2.05) is 0 Å². The summed E-state index contributed by atoms with van der Waals surface area (Å²) >= 11 is 0. The maximum absolute atomic E-state index is 11.5. The number of benzene rings is 2. The Kier molecular flexibility index (Phi) is 3.46. The van der Waals surface area contributed by atoms with Crippen LogP contribution < -0.4 is 11.5 Å². The van der Waals surface area contributed by atoms with Crippen LogP contribution in [-0.2, 0) is 11.3 Å². The van der Waals surface area contributed by atoms with E-state index in [0.29, 0.717) is 22.4 Å². The molecular formula is C16H13N3O4. The number of cyclic esters (lactones) is 1. The quantitative estimate of drug-likeness (QED) is 0.449. The largest absolute Gasteiger partial charge is 0.478 e. The molecule has 1 aliphatic heterocycles. The normalized spacial score (nSPS) is 12.4. The molecule has 0 aliphatic carbocycles. The molecule has 2 aromatic carbocycles. The fourth-order valence-corrected chi connectivity index (χ4v) is 2.48. The van der Waals surface area contributed by atoms with E-state index in [2.05, 4.69) is 4.99 Å². The second-order valence-corrected chi connectivity index (χ2v) is 5.02. The summed E-state index contributed by atoms with van der Waals surface area (Å²) in [5.74, 6) is -1.56. The first kappa shape index (κ1) is 14.6. The number of nitrogens with two attached hydrogens (primary N) is 2. The number of rotatable bonds is 3. The van der Waals surface area contributed by atoms with E-state index < -0.39 is 5.97 Å². The second-order valence-electron chi connectivity index (χ2n) is 5.02. The summed E-state index contributed by atoms with van der Waals surface area (Å²) in [6, 6.07) is 9.58. The molecule has 0 amide bonds. The summed E-state index contributed by atoms with van der Waals surface area (Å²) in [6.07, 6.45) is 0. The number of esters is 1. The SMILES string of the molecule is NC(N)=Nc1ccc(C(=O)O)c(-c2ccc3c(c2)COC3=O)c1. The zero-order valence-electron chi connectivity index (χ0n) is 11.9. The lowest BCUT2D eigenvalue weighted by atomic mass is 9.96. The van der Waals surface area contributed by atoms with Gasteiger partial charge in [0, 0.05) is 5.56 Å². The van der Waals surface area contributed by atoms with Crippen molar-refractivity contribution >= 4 is 23.6 Å². The number of carbonyl (C=O) groups excluding carboxylic acids is 1. The third-order valence-electron chi connectivity index (χ3n) is 3.49. The maximum Gasteiger partial charge on any atom is 0.338 e. The summed E-state index contributed by atoms with van der Waals surface area (Å²) in [5, 5.41) is 9.37. The first-order valence-electron chi connectivity index (χ1n) is 6.73. The Morgan fingerprint density at radius 3 is 2.61 bits per heavy atom. The molecule has 3 rings (SSSR count). The average Bonchev–Trinajstić information content (AvgIpc) is 2.87. The van der Waals surface area contributed by atoms with Crippen LogP contribution in [0.5, 0.6) is 0 Å². The van der Waals surface area contributed by atoms with Gasteiger partial charge in [0.25, 0.3) is 0 Å². The molecule has 0 saturated carbocycles. The van der Waals surface area contributed by atoms with Crippen molar-refractivity contribution in [1.82, 2.24) is 0 Å². The highest BCUT2D eigenvalue weighted by molar-refractivity contribution is 5.98. The number of aromatic carboxylic acids is 1. The lowest BCUT2D eigenvalue weighted by Gasteiger charge is -2.09. The molecule has 0 saturated heterocycles. The van der Waals surface area contributed by atoms with E-state index in [9.17, 15) is 14.7 Å². The van der Waals surface area contributed by atoms with E-state index in [1.165, 1.54) is 12.1 Å². The molecule has 0 aromatic heterocycles. The Labute approximate surface area is 131 Å². The summed E-state index contributed by atoms with van der Waals surface area (Å²) in [4.78, 5) is 26.9. The third kappa shape index (κ3) is 2.71. The molecule has 0 bridgehead atoms. The second kappa shape index (κ2) is 5.45. The van der Waals surface area contributed by atoms with Crippen molar-refractivity contribution in [2.75, 3.05) is 0 Å². The standard InChI is InChI=1S/C16H13N3O4/c17-16(18)19-10-2-4-12(14(20)21)13(6-10)8-1-3-11-9(5-8)7-23-15(11)22/h1-6H,7H2,(H,20,21)(H4,17,18,19). The van der Waals surface area contributed by atoms with Crippen LogP contribution in [0.15, 0.2) is 41.4 Å². The molecule has 0 atom stereocenters. The minimum Gasteiger partial charge on any atom is -0.478 e. The Hall–Kier alpha value is -3.35. The van der Waals surface area contributed by atoms with Gasteiger partial charge in [-0.25, -0.2) is 14.6 Å². The van der Waals surface area contributed by atoms with Crippen molar-refractivity contribution in [3.05, 3.63) is 53.1 Å². The van der Waals surface area contributed by atoms with Crippen LogP contribution in [0.4, 0.5) is 5.69 Å². The first-order valence-corrected chi connectivity index (χ1v) is 6.73. The molecule has 5 N–H and O–H groups in total. The number of hydrogen-bond acceptors (Lipinski definition) is 4. The van der Waals surface area contributed by atoms with Crippen molar-refractivity contribution in [3.8, 4) is 11.1 Å². The van der Waals surface area contributed by atoms with Gasteiger partial charge >= 0.3 is 11.9 Å². The number of carbonyl (C=O) groups is 2. The van der Waals surface area contributed by atoms with Crippen molar-refractivity contribution in [3.63, 3.8) is 0 Å². The number of carboxylic acids is 1. The number of nitrogens with zero attached hydrogens (tertiary/aromatic N) is 1. The van der Waals surface area contributed by atoms with Crippen LogP contribution in [0.3, 0.4) is 0 Å². The minimum atomic E-state index is -1.07. The molecule has 116 valence electrons. The summed E-state index contributed by atoms with van der Waals surface area (Å²) < 4.78 is 4.96. The molecule has 2 aromatic rings. The van der Waals surface area contributed by atoms with E-state index in [-0.39, 0.29) is 24.1 Å². The number of ether oxygens (including phenoxy) is 1. The molecule has 23 heavy (non-hydrogen) atoms. The van der Waals surface area contributed by atoms with Gasteiger partial charge in [0.15, 0.2) is 5.96 Å². The minimum absolute atomic E-state index is 0.115. The van der Waals surface area contributed by atoms with Gasteiger partial charge in [-0.2, -0.15) is 0 Å². The predicted molar refractivity (Wildman–Crippen MR) is 83.4 cm³/mol. The van der Waals surface area contributed by atoms with Gasteiger partial charge in [-0.05, 0) is 41.5 Å². The molecular weight excluding hydrogens is 298 g/mol. The third-order valence-corrected chi connectivity index (χ3v) is 3.49. The van der Waals surface area contributed by atoms with Crippen molar-refractivity contribution in [1.29, 1.82) is 0 Å². The maximum atomic E-state index is 11.5. The van der Waals surface area contributed by atoms with Gasteiger partial charge in [0.05, 0.1) is 16.8 Å². The van der Waals surface area contributed by atoms with Crippen molar-refractivity contribution in [2.45, 2.75) is 6.61 Å². The number of fused-ring (bicyclic) bond motifs is 1. The lowest BCUT2D eigenvalue weighted by molar-refractivity contribution is 0.0534. The van der Waals surface area contributed by atoms with Gasteiger partial charge in [-0.3, -0.25) is 0 Å². The van der Waals surface area contributed by atoms with Crippen LogP contribution in [-0.4, -0.2) is 23.0 Å². The van der Waals surface area contributed by atoms with Crippen LogP contribution in [0.25, 0.3) is 11.1 Å². The zero-order chi connectivity index (χ0) is 16.6. The molecule has 0 spiro atoms. The summed E-state index contributed by atoms with van der Waals surface area (Å²) in [6.45, 7) is 0.179. The Balaban J connectivity index is 2.16. The van der Waals surface area contributed by atoms with E-state index >= 15 is 0 Å². The summed E-state index contributed by atoms with van der Waals surface area (Å²) in [7, 11) is 0. The smallest absolute Gasteiger partial charge is 0.338 e. The van der Waals surface area contributed by atoms with Gasteiger partial charge in [-0.1, -0.05) is 6.07 Å². The van der Waals surface area contributed by atoms with Crippen molar-refractivity contribution < 1.29 is 19.4 Å². The fourth-order valence-electron chi connectivity index (χ4n) is 2.48. The molecule has 0 fully saturated rings. The lowest BCUT2D eigenvalue weighted by Crippen LogP contribution is -2.21. The average molecular weight is 311 g/mol. The summed E-state index contributed by atoms with van der Waals surface area (Å²) in [5.41, 5.74) is 13.6. The molecule has 0 radical (unpaired) electrons. The van der Waals surface area contributed by atoms with Crippen LogP contribution in [0.1, 0.15) is 26.3 Å². The molecule has 1 aliphatic rings. The Morgan fingerprint density at radius 1 is 1.13 bits per heavy atom. The van der Waals surface area contributed by atoms with Gasteiger partial charge in [-0.15, -0.1) is 0 Å². The van der Waals surface area contributed by atoms with Crippen LogP contribution in [0.2, 0.25) is 0 Å². The van der Waals surface area contributed by atoms with E-state index in [0.717, 1.165) is 5.56 Å². The van der Waals surface area contributed by atoms with Gasteiger partial charge in [0.2, 0.25) is 0 Å². The Bertz CT molecular complexity index is 854. The van der Waals surface area contributed by atoms with Crippen LogP contribution >= 0.6 is 0 Å². The van der Waals surface area contributed by atoms with E-state index in [1.54, 1.807) is 24.3 Å². The Morgan fingerprint density at radius 2 is 1.91 bits per heavy atom. The number of guanidine groups is 1. The molecule has 1 heterocycles. The fraction of sp³-hybridized carbons (Fsp3) is 0.0625. The number of hydrogen-bond donors (Lipinski definition) is 3. The monoisotopic (exact) mass is 311 g/mol. The van der Waals surface area contributed by atoms with Crippen LogP contribution in [0, 0.1) is 0 Å². The number of carboxylic acid groups (broad SMARTS) is 1. The topological polar surface area (TPSA) is 128 Å². The molecule has 7 nitrogen and oxygen atoms in total. The predicted octanol–water partition coefficient (Wildman–Crippen LogP) is 1.63. The highest BCUT2D eigenvalue weighted by atomic mass is 16.5. The van der Waals surface area contributed by atoms with Gasteiger partial charge < -0.3 is 21.3 Å². The molecule has 0 unspecified atom stereocenters. The van der Waals surface area contributed by atoms with Gasteiger partial charge in [0.1, 0.15) is 6.61 Å². The van der Waals surface area contributed by atoms with E-state index in [4.69, 9.17) is 16.2 Å². The number of aliphatic imine (C=N–C) groups is 1. The molecule has 7 heteroatoms. The highest BCUT2D eigenvalue weighted by Gasteiger charge is 2.22.